The van der Waals surface area contributed by atoms with E-state index in [1.165, 1.54) is 0 Å². The summed E-state index contributed by atoms with van der Waals surface area (Å²) in [5.74, 6) is 0.170. The second-order valence-corrected chi connectivity index (χ2v) is 10.6. The number of nitrogens with zero attached hydrogens (tertiary/aromatic N) is 1. The quantitative estimate of drug-likeness (QED) is 0.116. The van der Waals surface area contributed by atoms with E-state index in [4.69, 9.17) is 29.4 Å². The van der Waals surface area contributed by atoms with Crippen LogP contribution in [-0.4, -0.2) is 73.9 Å². The first-order valence-corrected chi connectivity index (χ1v) is 15.4. The van der Waals surface area contributed by atoms with E-state index in [0.717, 1.165) is 64.7 Å². The molecule has 0 aliphatic rings. The number of carbonyl (C=O) groups excluding carboxylic acids is 1. The average molecular weight is 607 g/mol. The second kappa shape index (κ2) is 19.7. The normalized spacial score (nSPS) is 11.0. The minimum absolute atomic E-state index is 0.00574. The molecule has 0 spiro atoms. The van der Waals surface area contributed by atoms with Gasteiger partial charge in [0.25, 0.3) is 0 Å². The van der Waals surface area contributed by atoms with Crippen molar-refractivity contribution >= 4 is 29.0 Å². The summed E-state index contributed by atoms with van der Waals surface area (Å²) in [5, 5.41) is 21.2. The van der Waals surface area contributed by atoms with Crippen LogP contribution in [0, 0.1) is 12.3 Å². The van der Waals surface area contributed by atoms with Crippen LogP contribution < -0.4 is 10.1 Å². The maximum absolute atomic E-state index is 12.3. The fourth-order valence-electron chi connectivity index (χ4n) is 4.75. The van der Waals surface area contributed by atoms with Crippen molar-refractivity contribution in [1.82, 2.24) is 10.3 Å². The van der Waals surface area contributed by atoms with E-state index in [1.54, 1.807) is 6.08 Å². The number of carbonyl (C=O) groups is 1. The maximum Gasteiger partial charge on any atom is 0.344 e. The standard InChI is InChI=1S/C33H42N2O5.C3H8O/c1-6-26-28(7-2)35-29-13-11-10-12-27(29)32(26)25-14-15-30(24(5)20-25)40-21-31(37)39-19-18-38-23-33(8-3,9-4)22-34-16-17-36;1-2-3-4/h6-7,10-15,20,34,36H,1-2,8-9,16-19,21-23H2,3-5H3;4H,2-3H2,1H3. The lowest BCUT2D eigenvalue weighted by Gasteiger charge is -2.31. The second-order valence-electron chi connectivity index (χ2n) is 10.6. The molecule has 0 aliphatic carbocycles. The third-order valence-corrected chi connectivity index (χ3v) is 7.58. The smallest absolute Gasteiger partial charge is 0.344 e. The molecule has 8 nitrogen and oxygen atoms in total. The lowest BCUT2D eigenvalue weighted by atomic mass is 9.83. The lowest BCUT2D eigenvalue weighted by Crippen LogP contribution is -2.38. The van der Waals surface area contributed by atoms with E-state index < -0.39 is 5.97 Å². The summed E-state index contributed by atoms with van der Waals surface area (Å²) in [7, 11) is 0. The molecule has 0 unspecified atom stereocenters. The molecule has 3 rings (SSSR count). The zero-order valence-corrected chi connectivity index (χ0v) is 26.9. The highest BCUT2D eigenvalue weighted by molar-refractivity contribution is 6.00. The molecule has 0 amide bonds. The largest absolute Gasteiger partial charge is 0.482 e. The Morgan fingerprint density at radius 1 is 1.02 bits per heavy atom. The molecular formula is C36H50N2O6. The molecule has 3 N–H and O–H groups in total. The number of rotatable bonds is 18. The van der Waals surface area contributed by atoms with Crippen molar-refractivity contribution in [2.24, 2.45) is 5.41 Å². The Morgan fingerprint density at radius 3 is 2.36 bits per heavy atom. The number of pyridine rings is 1. The number of ether oxygens (including phenoxy) is 3. The van der Waals surface area contributed by atoms with Crippen LogP contribution >= 0.6 is 0 Å². The third-order valence-electron chi connectivity index (χ3n) is 7.58. The van der Waals surface area contributed by atoms with Gasteiger partial charge in [-0.3, -0.25) is 0 Å². The average Bonchev–Trinajstić information content (AvgIpc) is 3.05. The van der Waals surface area contributed by atoms with Crippen molar-refractivity contribution in [2.75, 3.05) is 52.7 Å². The Bertz CT molecular complexity index is 1330. The highest BCUT2D eigenvalue weighted by atomic mass is 16.6. The summed E-state index contributed by atoms with van der Waals surface area (Å²) in [6.45, 7) is 18.7. The summed E-state index contributed by atoms with van der Waals surface area (Å²) in [6.07, 6.45) is 6.34. The summed E-state index contributed by atoms with van der Waals surface area (Å²) < 4.78 is 16.9. The third kappa shape index (κ3) is 10.6. The molecule has 0 atom stereocenters. The van der Waals surface area contributed by atoms with Gasteiger partial charge < -0.3 is 29.7 Å². The number of aliphatic hydroxyl groups excluding tert-OH is 2. The SMILES string of the molecule is C=Cc1nc2ccccc2c(-c2ccc(OCC(=O)OCCOCC(CC)(CC)CNCCO)c(C)c2)c1C=C.CCCO. The number of hydrogen-bond donors (Lipinski definition) is 3. The molecule has 0 saturated carbocycles. The fourth-order valence-corrected chi connectivity index (χ4v) is 4.75. The Morgan fingerprint density at radius 2 is 1.75 bits per heavy atom. The van der Waals surface area contributed by atoms with Gasteiger partial charge in [-0.1, -0.05) is 64.3 Å². The van der Waals surface area contributed by atoms with E-state index in [-0.39, 0.29) is 25.2 Å². The highest BCUT2D eigenvalue weighted by Crippen LogP contribution is 2.36. The zero-order chi connectivity index (χ0) is 32.4. The fraction of sp³-hybridized carbons (Fsp3) is 0.444. The number of aryl methyl sites for hydroxylation is 1. The van der Waals surface area contributed by atoms with Gasteiger partial charge in [-0.25, -0.2) is 9.78 Å². The van der Waals surface area contributed by atoms with Crippen molar-refractivity contribution < 1.29 is 29.2 Å². The molecule has 44 heavy (non-hydrogen) atoms. The first kappa shape index (κ1) is 36.6. The monoisotopic (exact) mass is 606 g/mol. The minimum Gasteiger partial charge on any atom is -0.482 e. The van der Waals surface area contributed by atoms with Crippen molar-refractivity contribution in [1.29, 1.82) is 0 Å². The first-order valence-electron chi connectivity index (χ1n) is 15.4. The first-order chi connectivity index (χ1) is 21.3. The van der Waals surface area contributed by atoms with Crippen LogP contribution in [0.3, 0.4) is 0 Å². The number of benzene rings is 2. The van der Waals surface area contributed by atoms with Crippen LogP contribution in [0.15, 0.2) is 55.6 Å². The van der Waals surface area contributed by atoms with Gasteiger partial charge in [0.2, 0.25) is 0 Å². The maximum atomic E-state index is 12.3. The van der Waals surface area contributed by atoms with E-state index >= 15 is 0 Å². The van der Waals surface area contributed by atoms with Gasteiger partial charge in [-0.2, -0.15) is 0 Å². The summed E-state index contributed by atoms with van der Waals surface area (Å²) in [4.78, 5) is 17.0. The van der Waals surface area contributed by atoms with Gasteiger partial charge in [-0.05, 0) is 61.6 Å². The number of fused-ring (bicyclic) bond motifs is 1. The topological polar surface area (TPSA) is 110 Å². The van der Waals surface area contributed by atoms with Crippen LogP contribution in [0.1, 0.15) is 56.9 Å². The molecule has 1 aromatic heterocycles. The van der Waals surface area contributed by atoms with Gasteiger partial charge >= 0.3 is 5.97 Å². The molecule has 0 fully saturated rings. The van der Waals surface area contributed by atoms with Crippen LogP contribution in [0.4, 0.5) is 0 Å². The van der Waals surface area contributed by atoms with Gasteiger partial charge in [-0.15, -0.1) is 0 Å². The Kier molecular flexibility index (Phi) is 16.4. The number of para-hydroxylation sites is 1. The molecule has 8 heteroatoms. The van der Waals surface area contributed by atoms with E-state index in [0.29, 0.717) is 32.1 Å². The van der Waals surface area contributed by atoms with Crippen molar-refractivity contribution in [2.45, 2.75) is 47.0 Å². The lowest BCUT2D eigenvalue weighted by molar-refractivity contribution is -0.148. The number of nitrogens with one attached hydrogen (secondary N) is 1. The molecule has 2 aromatic carbocycles. The van der Waals surface area contributed by atoms with Crippen molar-refractivity contribution in [3.05, 3.63) is 72.4 Å². The Hall–Kier alpha value is -3.56. The van der Waals surface area contributed by atoms with Gasteiger partial charge in [0, 0.05) is 41.6 Å². The van der Waals surface area contributed by atoms with Crippen LogP contribution in [0.2, 0.25) is 0 Å². The summed E-state index contributed by atoms with van der Waals surface area (Å²) in [6, 6.07) is 13.9. The van der Waals surface area contributed by atoms with Crippen molar-refractivity contribution in [3.63, 3.8) is 0 Å². The van der Waals surface area contributed by atoms with E-state index in [2.05, 4.69) is 38.4 Å². The minimum atomic E-state index is -0.446. The van der Waals surface area contributed by atoms with Gasteiger partial charge in [0.1, 0.15) is 12.4 Å². The molecule has 240 valence electrons. The van der Waals surface area contributed by atoms with Gasteiger partial charge in [0.05, 0.1) is 31.0 Å². The highest BCUT2D eigenvalue weighted by Gasteiger charge is 2.26. The summed E-state index contributed by atoms with van der Waals surface area (Å²) >= 11 is 0. The molecule has 1 heterocycles. The van der Waals surface area contributed by atoms with Crippen LogP contribution in [-0.2, 0) is 14.3 Å². The van der Waals surface area contributed by atoms with E-state index in [1.807, 2.05) is 56.3 Å². The number of hydrogen-bond acceptors (Lipinski definition) is 8. The number of aliphatic hydroxyl groups is 2. The predicted octanol–water partition coefficient (Wildman–Crippen LogP) is 6.21. The molecule has 0 radical (unpaired) electrons. The Labute approximate surface area is 262 Å². The molecule has 0 bridgehead atoms. The molecular weight excluding hydrogens is 556 g/mol. The van der Waals surface area contributed by atoms with E-state index in [9.17, 15) is 4.79 Å². The molecule has 0 aliphatic heterocycles. The number of aromatic nitrogens is 1. The zero-order valence-electron chi connectivity index (χ0n) is 26.9. The summed E-state index contributed by atoms with van der Waals surface area (Å²) in [5.41, 5.74) is 5.51. The molecule has 3 aromatic rings. The Balaban J connectivity index is 0.00000159. The van der Waals surface area contributed by atoms with Crippen LogP contribution in [0.5, 0.6) is 5.75 Å². The van der Waals surface area contributed by atoms with Crippen LogP contribution in [0.25, 0.3) is 34.2 Å². The number of esters is 1. The van der Waals surface area contributed by atoms with Crippen molar-refractivity contribution in [3.8, 4) is 16.9 Å². The molecule has 0 saturated heterocycles. The predicted molar refractivity (Wildman–Crippen MR) is 180 cm³/mol. The van der Waals surface area contributed by atoms with Gasteiger partial charge in [0.15, 0.2) is 6.61 Å².